The molecule has 0 aromatic carbocycles. The van der Waals surface area contributed by atoms with Crippen molar-refractivity contribution in [2.45, 2.75) is 6.42 Å². The SMILES string of the molecule is [CH2][CH][CH][CH][C@H](CC=C)C(=O)OC. The lowest BCUT2D eigenvalue weighted by Crippen LogP contribution is -2.16. The first kappa shape index (κ1) is 11.2. The fourth-order valence-electron chi connectivity index (χ4n) is 0.797. The topological polar surface area (TPSA) is 26.3 Å². The van der Waals surface area contributed by atoms with E-state index in [1.165, 1.54) is 7.11 Å². The summed E-state index contributed by atoms with van der Waals surface area (Å²) in [6.45, 7) is 7.07. The zero-order valence-corrected chi connectivity index (χ0v) is 7.32. The van der Waals surface area contributed by atoms with Crippen molar-refractivity contribution in [2.75, 3.05) is 7.11 Å². The van der Waals surface area contributed by atoms with Gasteiger partial charge in [0, 0.05) is 0 Å². The van der Waals surface area contributed by atoms with Crippen LogP contribution in [0.15, 0.2) is 12.7 Å². The second kappa shape index (κ2) is 6.89. The predicted molar refractivity (Wildman–Crippen MR) is 48.6 cm³/mol. The van der Waals surface area contributed by atoms with Crippen LogP contribution in [-0.2, 0) is 9.53 Å². The Bertz CT molecular complexity index is 141. The highest BCUT2D eigenvalue weighted by molar-refractivity contribution is 5.74. The zero-order valence-electron chi connectivity index (χ0n) is 7.32. The molecule has 0 unspecified atom stereocenters. The van der Waals surface area contributed by atoms with Gasteiger partial charge in [-0.1, -0.05) is 6.08 Å². The van der Waals surface area contributed by atoms with E-state index in [0.717, 1.165) is 0 Å². The number of allylic oxidation sites excluding steroid dienone is 1. The second-order valence-corrected chi connectivity index (χ2v) is 2.27. The molecular formula is C10H14O2. The first-order valence-corrected chi connectivity index (χ1v) is 3.74. The minimum Gasteiger partial charge on any atom is -0.469 e. The minimum absolute atomic E-state index is 0.231. The Morgan fingerprint density at radius 2 is 2.33 bits per heavy atom. The molecular weight excluding hydrogens is 152 g/mol. The quantitative estimate of drug-likeness (QED) is 0.444. The van der Waals surface area contributed by atoms with Crippen LogP contribution in [0.25, 0.3) is 0 Å². The normalized spacial score (nSPS) is 12.2. The summed E-state index contributed by atoms with van der Waals surface area (Å²) in [7, 11) is 1.38. The molecule has 0 bridgehead atoms. The molecule has 0 heterocycles. The molecule has 0 rings (SSSR count). The highest BCUT2D eigenvalue weighted by atomic mass is 16.5. The van der Waals surface area contributed by atoms with E-state index in [2.05, 4.69) is 18.2 Å². The van der Waals surface area contributed by atoms with Crippen LogP contribution in [0, 0.1) is 32.1 Å². The molecule has 0 fully saturated rings. The van der Waals surface area contributed by atoms with Gasteiger partial charge in [-0.25, -0.2) is 0 Å². The molecule has 4 radical (unpaired) electrons. The van der Waals surface area contributed by atoms with Gasteiger partial charge in [0.1, 0.15) is 0 Å². The average Bonchev–Trinajstić information content (AvgIpc) is 2.11. The Labute approximate surface area is 74.6 Å². The number of methoxy groups -OCH3 is 1. The smallest absolute Gasteiger partial charge is 0.309 e. The van der Waals surface area contributed by atoms with E-state index in [4.69, 9.17) is 0 Å². The number of esters is 1. The molecule has 2 heteroatoms. The van der Waals surface area contributed by atoms with Crippen molar-refractivity contribution >= 4 is 5.97 Å². The van der Waals surface area contributed by atoms with Crippen molar-refractivity contribution in [3.63, 3.8) is 0 Å². The van der Waals surface area contributed by atoms with Crippen LogP contribution in [0.2, 0.25) is 0 Å². The molecule has 0 aliphatic carbocycles. The summed E-state index contributed by atoms with van der Waals surface area (Å²) >= 11 is 0. The lowest BCUT2D eigenvalue weighted by Gasteiger charge is -2.10. The fraction of sp³-hybridized carbons (Fsp3) is 0.300. The molecule has 0 saturated heterocycles. The van der Waals surface area contributed by atoms with E-state index in [-0.39, 0.29) is 11.9 Å². The molecule has 0 aromatic rings. The van der Waals surface area contributed by atoms with Crippen molar-refractivity contribution in [3.8, 4) is 0 Å². The lowest BCUT2D eigenvalue weighted by atomic mass is 9.99. The molecule has 12 heavy (non-hydrogen) atoms. The molecule has 0 aliphatic heterocycles. The van der Waals surface area contributed by atoms with Crippen molar-refractivity contribution in [2.24, 2.45) is 5.92 Å². The molecule has 0 amide bonds. The van der Waals surface area contributed by atoms with Gasteiger partial charge in [-0.2, -0.15) is 0 Å². The number of rotatable bonds is 6. The van der Waals surface area contributed by atoms with Crippen molar-refractivity contribution in [1.29, 1.82) is 0 Å². The van der Waals surface area contributed by atoms with Crippen LogP contribution in [0.5, 0.6) is 0 Å². The van der Waals surface area contributed by atoms with E-state index in [1.807, 2.05) is 0 Å². The first-order chi connectivity index (χ1) is 5.76. The monoisotopic (exact) mass is 166 g/mol. The number of carbonyl (C=O) groups is 1. The molecule has 0 N–H and O–H groups in total. The largest absolute Gasteiger partial charge is 0.469 e. The Balaban J connectivity index is 3.84. The van der Waals surface area contributed by atoms with Gasteiger partial charge >= 0.3 is 5.97 Å². The third-order valence-electron chi connectivity index (χ3n) is 1.40. The van der Waals surface area contributed by atoms with Gasteiger partial charge in [0.2, 0.25) is 0 Å². The summed E-state index contributed by atoms with van der Waals surface area (Å²) in [6, 6.07) is 0. The Hall–Kier alpha value is -0.790. The summed E-state index contributed by atoms with van der Waals surface area (Å²) in [6.07, 6.45) is 7.39. The van der Waals surface area contributed by atoms with Gasteiger partial charge in [0.05, 0.1) is 13.0 Å². The van der Waals surface area contributed by atoms with E-state index in [9.17, 15) is 4.79 Å². The summed E-state index contributed by atoms with van der Waals surface area (Å²) < 4.78 is 4.59. The maximum atomic E-state index is 11.1. The fourth-order valence-corrected chi connectivity index (χ4v) is 0.797. The van der Waals surface area contributed by atoms with E-state index in [0.29, 0.717) is 6.42 Å². The number of carbonyl (C=O) groups excluding carboxylic acids is 1. The van der Waals surface area contributed by atoms with Crippen molar-refractivity contribution in [3.05, 3.63) is 38.8 Å². The number of hydrogen-bond acceptors (Lipinski definition) is 2. The molecule has 0 spiro atoms. The first-order valence-electron chi connectivity index (χ1n) is 3.74. The van der Waals surface area contributed by atoms with Gasteiger partial charge < -0.3 is 4.74 Å². The van der Waals surface area contributed by atoms with Crippen molar-refractivity contribution in [1.82, 2.24) is 0 Å². The van der Waals surface area contributed by atoms with E-state index < -0.39 is 0 Å². The zero-order chi connectivity index (χ0) is 9.40. The summed E-state index contributed by atoms with van der Waals surface area (Å²) in [5.41, 5.74) is 0. The highest BCUT2D eigenvalue weighted by Crippen LogP contribution is 2.12. The van der Waals surface area contributed by atoms with Gasteiger partial charge in [0.15, 0.2) is 0 Å². The molecule has 2 nitrogen and oxygen atoms in total. The van der Waals surface area contributed by atoms with Crippen LogP contribution in [0.4, 0.5) is 0 Å². The van der Waals surface area contributed by atoms with E-state index in [1.54, 1.807) is 25.3 Å². The second-order valence-electron chi connectivity index (χ2n) is 2.27. The molecule has 0 saturated carbocycles. The van der Waals surface area contributed by atoms with Crippen LogP contribution in [-0.4, -0.2) is 13.1 Å². The van der Waals surface area contributed by atoms with Crippen molar-refractivity contribution < 1.29 is 9.53 Å². The number of unbranched alkanes of at least 4 members (excludes halogenated alkanes) is 1. The standard InChI is InChI=1S/C10H14O2/c1-4-6-8-9(7-5-2)10(11)12-3/h4-6,8-9H,1-2,7H2,3H3/t9-/m0/s1. The minimum atomic E-state index is -0.243. The number of hydrogen-bond donors (Lipinski definition) is 0. The van der Waals surface area contributed by atoms with Gasteiger partial charge in [0.25, 0.3) is 0 Å². The van der Waals surface area contributed by atoms with Gasteiger partial charge in [-0.3, -0.25) is 4.79 Å². The molecule has 66 valence electrons. The predicted octanol–water partition coefficient (Wildman–Crippen LogP) is 1.80. The summed E-state index contributed by atoms with van der Waals surface area (Å²) in [4.78, 5) is 11.1. The van der Waals surface area contributed by atoms with Gasteiger partial charge in [-0.15, -0.1) is 6.58 Å². The summed E-state index contributed by atoms with van der Waals surface area (Å²) in [5.74, 6) is -0.474. The Morgan fingerprint density at radius 3 is 2.75 bits per heavy atom. The van der Waals surface area contributed by atoms with Crippen LogP contribution in [0.3, 0.4) is 0 Å². The molecule has 0 aromatic heterocycles. The number of ether oxygens (including phenoxy) is 1. The third kappa shape index (κ3) is 4.16. The maximum absolute atomic E-state index is 11.1. The molecule has 1 atom stereocenters. The summed E-state index contributed by atoms with van der Waals surface area (Å²) in [5, 5.41) is 0. The Morgan fingerprint density at radius 1 is 1.67 bits per heavy atom. The highest BCUT2D eigenvalue weighted by Gasteiger charge is 2.16. The van der Waals surface area contributed by atoms with Crippen LogP contribution < -0.4 is 0 Å². The molecule has 0 aliphatic rings. The van der Waals surface area contributed by atoms with Crippen LogP contribution in [0.1, 0.15) is 6.42 Å². The lowest BCUT2D eigenvalue weighted by molar-refractivity contribution is -0.144. The third-order valence-corrected chi connectivity index (χ3v) is 1.40. The Kier molecular flexibility index (Phi) is 6.44. The average molecular weight is 166 g/mol. The van der Waals surface area contributed by atoms with E-state index >= 15 is 0 Å². The maximum Gasteiger partial charge on any atom is 0.309 e. The van der Waals surface area contributed by atoms with Crippen LogP contribution >= 0.6 is 0 Å². The van der Waals surface area contributed by atoms with Gasteiger partial charge in [-0.05, 0) is 32.6 Å².